The molecule has 1 rings (SSSR count). The first-order valence-electron chi connectivity index (χ1n) is 5.62. The van der Waals surface area contributed by atoms with E-state index in [1.807, 2.05) is 18.2 Å². The minimum absolute atomic E-state index is 0.158. The molecule has 1 atom stereocenters. The summed E-state index contributed by atoms with van der Waals surface area (Å²) in [4.78, 5) is 1.24. The lowest BCUT2D eigenvalue weighted by molar-refractivity contribution is 0.183. The van der Waals surface area contributed by atoms with Crippen LogP contribution in [0.3, 0.4) is 0 Å². The van der Waals surface area contributed by atoms with Crippen LogP contribution >= 0.6 is 11.8 Å². The van der Waals surface area contributed by atoms with Gasteiger partial charge in [-0.2, -0.15) is 0 Å². The monoisotopic (exact) mass is 239 g/mol. The van der Waals surface area contributed by atoms with Crippen LogP contribution < -0.4 is 5.32 Å². The van der Waals surface area contributed by atoms with Gasteiger partial charge in [-0.05, 0) is 19.1 Å². The van der Waals surface area contributed by atoms with Crippen LogP contribution in [0.25, 0.3) is 0 Å². The molecular formula is C13H21NOS. The maximum Gasteiger partial charge on any atom is 0.0618 e. The third-order valence-electron chi connectivity index (χ3n) is 2.29. The Balaban J connectivity index is 2.51. The molecule has 16 heavy (non-hydrogen) atoms. The van der Waals surface area contributed by atoms with Crippen molar-refractivity contribution in [2.45, 2.75) is 37.2 Å². The van der Waals surface area contributed by atoms with Crippen LogP contribution in [-0.2, 0) is 0 Å². The van der Waals surface area contributed by atoms with Gasteiger partial charge in [0, 0.05) is 22.2 Å². The average molecular weight is 239 g/mol. The largest absolute Gasteiger partial charge is 0.394 e. The Morgan fingerprint density at radius 1 is 1.31 bits per heavy atom. The zero-order valence-electron chi connectivity index (χ0n) is 10.2. The van der Waals surface area contributed by atoms with Crippen molar-refractivity contribution >= 4 is 11.8 Å². The number of hydrogen-bond donors (Lipinski definition) is 2. The molecule has 90 valence electrons. The number of aliphatic hydroxyl groups excluding tert-OH is 1. The van der Waals surface area contributed by atoms with Crippen LogP contribution in [0.15, 0.2) is 35.2 Å². The van der Waals surface area contributed by atoms with Crippen LogP contribution in [0.1, 0.15) is 20.8 Å². The van der Waals surface area contributed by atoms with E-state index in [1.165, 1.54) is 4.90 Å². The summed E-state index contributed by atoms with van der Waals surface area (Å²) in [6.45, 7) is 6.41. The molecule has 1 unspecified atom stereocenters. The molecule has 0 amide bonds. The highest BCUT2D eigenvalue weighted by Crippen LogP contribution is 2.22. The zero-order valence-corrected chi connectivity index (χ0v) is 11.1. The summed E-state index contributed by atoms with van der Waals surface area (Å²) in [5.74, 6) is 0.867. The second-order valence-electron chi connectivity index (χ2n) is 4.62. The number of aliphatic hydroxyl groups is 1. The Hall–Kier alpha value is -0.510. The highest BCUT2D eigenvalue weighted by atomic mass is 32.2. The maximum absolute atomic E-state index is 9.44. The fraction of sp³-hybridized carbons (Fsp3) is 0.538. The number of rotatable bonds is 6. The molecule has 0 aliphatic carbocycles. The number of nitrogens with one attached hydrogen (secondary N) is 1. The summed E-state index contributed by atoms with van der Waals surface area (Å²) in [5, 5.41) is 12.8. The first kappa shape index (κ1) is 13.6. The van der Waals surface area contributed by atoms with Gasteiger partial charge in [-0.1, -0.05) is 32.0 Å². The normalized spacial score (nSPS) is 15.1. The Kier molecular flexibility index (Phi) is 5.32. The van der Waals surface area contributed by atoms with Crippen LogP contribution in [0.2, 0.25) is 0 Å². The zero-order chi connectivity index (χ0) is 12.0. The van der Waals surface area contributed by atoms with Crippen LogP contribution in [0, 0.1) is 0 Å². The second-order valence-corrected chi connectivity index (χ2v) is 5.67. The van der Waals surface area contributed by atoms with E-state index in [-0.39, 0.29) is 12.1 Å². The smallest absolute Gasteiger partial charge is 0.0618 e. The summed E-state index contributed by atoms with van der Waals surface area (Å²) in [6, 6.07) is 10.7. The van der Waals surface area contributed by atoms with Crippen molar-refractivity contribution in [1.29, 1.82) is 0 Å². The molecule has 0 saturated carbocycles. The molecule has 0 spiro atoms. The highest BCUT2D eigenvalue weighted by molar-refractivity contribution is 7.99. The summed E-state index contributed by atoms with van der Waals surface area (Å²) in [7, 11) is 0. The molecule has 0 bridgehead atoms. The van der Waals surface area contributed by atoms with Gasteiger partial charge in [0.1, 0.15) is 0 Å². The van der Waals surface area contributed by atoms with E-state index in [4.69, 9.17) is 0 Å². The molecule has 0 aliphatic rings. The van der Waals surface area contributed by atoms with Crippen molar-refractivity contribution in [2.75, 3.05) is 12.4 Å². The summed E-state index contributed by atoms with van der Waals surface area (Å²) in [6.07, 6.45) is 0. The van der Waals surface area contributed by atoms with Crippen molar-refractivity contribution < 1.29 is 5.11 Å². The summed E-state index contributed by atoms with van der Waals surface area (Å²) in [5.41, 5.74) is -0.214. The number of thioether (sulfide) groups is 1. The lowest BCUT2D eigenvalue weighted by Gasteiger charge is -2.30. The van der Waals surface area contributed by atoms with Gasteiger partial charge in [-0.25, -0.2) is 0 Å². The maximum atomic E-state index is 9.44. The van der Waals surface area contributed by atoms with Gasteiger partial charge in [0.2, 0.25) is 0 Å². The van der Waals surface area contributed by atoms with E-state index in [0.717, 1.165) is 5.75 Å². The molecule has 1 aromatic rings. The fourth-order valence-electron chi connectivity index (χ4n) is 1.59. The minimum Gasteiger partial charge on any atom is -0.394 e. The SMILES string of the molecule is CC(C)NC(C)(CO)CSc1ccccc1. The first-order valence-corrected chi connectivity index (χ1v) is 6.61. The Morgan fingerprint density at radius 3 is 2.44 bits per heavy atom. The average Bonchev–Trinajstić information content (AvgIpc) is 2.27. The Labute approximate surface area is 102 Å². The first-order chi connectivity index (χ1) is 7.56. The van der Waals surface area contributed by atoms with Gasteiger partial charge < -0.3 is 10.4 Å². The number of benzene rings is 1. The van der Waals surface area contributed by atoms with Gasteiger partial charge in [-0.15, -0.1) is 11.8 Å². The summed E-state index contributed by atoms with van der Waals surface area (Å²) < 4.78 is 0. The van der Waals surface area contributed by atoms with Gasteiger partial charge in [0.05, 0.1) is 6.61 Å². The second kappa shape index (κ2) is 6.28. The van der Waals surface area contributed by atoms with E-state index in [2.05, 4.69) is 38.2 Å². The molecule has 0 fully saturated rings. The third kappa shape index (κ3) is 4.56. The molecule has 2 N–H and O–H groups in total. The fourth-order valence-corrected chi connectivity index (χ4v) is 2.60. The summed E-state index contributed by atoms with van der Waals surface area (Å²) >= 11 is 1.77. The van der Waals surface area contributed by atoms with E-state index < -0.39 is 0 Å². The Morgan fingerprint density at radius 2 is 1.94 bits per heavy atom. The van der Waals surface area contributed by atoms with E-state index in [9.17, 15) is 5.11 Å². The van der Waals surface area contributed by atoms with Gasteiger partial charge in [0.25, 0.3) is 0 Å². The molecule has 0 radical (unpaired) electrons. The Bertz CT molecular complexity index is 302. The topological polar surface area (TPSA) is 32.3 Å². The van der Waals surface area contributed by atoms with Crippen LogP contribution in [-0.4, -0.2) is 29.0 Å². The highest BCUT2D eigenvalue weighted by Gasteiger charge is 2.23. The molecule has 0 aromatic heterocycles. The predicted octanol–water partition coefficient (Wildman–Crippen LogP) is 2.53. The van der Waals surface area contributed by atoms with E-state index in [0.29, 0.717) is 6.04 Å². The van der Waals surface area contributed by atoms with Gasteiger partial charge in [-0.3, -0.25) is 0 Å². The van der Waals surface area contributed by atoms with Crippen molar-refractivity contribution in [3.05, 3.63) is 30.3 Å². The number of hydrogen-bond acceptors (Lipinski definition) is 3. The van der Waals surface area contributed by atoms with Crippen molar-refractivity contribution in [3.63, 3.8) is 0 Å². The molecule has 3 heteroatoms. The van der Waals surface area contributed by atoms with Crippen LogP contribution in [0.4, 0.5) is 0 Å². The quantitative estimate of drug-likeness (QED) is 0.748. The molecular weight excluding hydrogens is 218 g/mol. The molecule has 2 nitrogen and oxygen atoms in total. The van der Waals surface area contributed by atoms with Gasteiger partial charge >= 0.3 is 0 Å². The van der Waals surface area contributed by atoms with Gasteiger partial charge in [0.15, 0.2) is 0 Å². The van der Waals surface area contributed by atoms with Crippen molar-refractivity contribution in [2.24, 2.45) is 0 Å². The van der Waals surface area contributed by atoms with E-state index >= 15 is 0 Å². The standard InChI is InChI=1S/C13H21NOS/c1-11(2)14-13(3,9-15)10-16-12-7-5-4-6-8-12/h4-8,11,14-15H,9-10H2,1-3H3. The van der Waals surface area contributed by atoms with Crippen LogP contribution in [0.5, 0.6) is 0 Å². The lowest BCUT2D eigenvalue weighted by atomic mass is 10.1. The molecule has 0 saturated heterocycles. The predicted molar refractivity (Wildman–Crippen MR) is 70.9 cm³/mol. The third-order valence-corrected chi connectivity index (χ3v) is 3.67. The van der Waals surface area contributed by atoms with Crippen molar-refractivity contribution in [1.82, 2.24) is 5.32 Å². The minimum atomic E-state index is -0.214. The molecule has 0 aliphatic heterocycles. The molecule has 0 heterocycles. The lowest BCUT2D eigenvalue weighted by Crippen LogP contribution is -2.51. The van der Waals surface area contributed by atoms with Crippen molar-refractivity contribution in [3.8, 4) is 0 Å². The molecule has 1 aromatic carbocycles. The van der Waals surface area contributed by atoms with E-state index in [1.54, 1.807) is 11.8 Å².